The van der Waals surface area contributed by atoms with Gasteiger partial charge in [-0.05, 0) is 55.6 Å². The van der Waals surface area contributed by atoms with Crippen molar-refractivity contribution in [2.45, 2.75) is 6.54 Å². The molecule has 84 valence electrons. The molecule has 0 saturated carbocycles. The van der Waals surface area contributed by atoms with Gasteiger partial charge in [-0.3, -0.25) is 0 Å². The van der Waals surface area contributed by atoms with Crippen molar-refractivity contribution < 1.29 is 0 Å². The van der Waals surface area contributed by atoms with Crippen molar-refractivity contribution in [3.05, 3.63) is 49.6 Å². The third-order valence-corrected chi connectivity index (χ3v) is 3.85. The zero-order valence-electron chi connectivity index (χ0n) is 8.23. The van der Waals surface area contributed by atoms with Gasteiger partial charge >= 0.3 is 0 Å². The van der Waals surface area contributed by atoms with Crippen LogP contribution < -0.4 is 5.32 Å². The summed E-state index contributed by atoms with van der Waals surface area (Å²) in [5.41, 5.74) is 2.28. The van der Waals surface area contributed by atoms with Gasteiger partial charge in [-0.1, -0.05) is 15.9 Å². The van der Waals surface area contributed by atoms with E-state index in [4.69, 9.17) is 0 Å². The quantitative estimate of drug-likeness (QED) is 0.741. The van der Waals surface area contributed by atoms with E-state index >= 15 is 0 Å². The molecule has 0 spiro atoms. The van der Waals surface area contributed by atoms with Crippen LogP contribution in [-0.2, 0) is 6.54 Å². The number of H-pyrrole nitrogens is 1. The molecule has 16 heavy (non-hydrogen) atoms. The average Bonchev–Trinajstić information content (AvgIpc) is 2.68. The van der Waals surface area contributed by atoms with Gasteiger partial charge in [0.2, 0.25) is 0 Å². The van der Waals surface area contributed by atoms with E-state index in [9.17, 15) is 0 Å². The van der Waals surface area contributed by atoms with E-state index < -0.39 is 0 Å². The topological polar surface area (TPSA) is 27.8 Å². The Morgan fingerprint density at radius 3 is 2.38 bits per heavy atom. The number of benzene rings is 1. The van der Waals surface area contributed by atoms with Crippen molar-refractivity contribution in [3.63, 3.8) is 0 Å². The molecule has 0 aliphatic rings. The van der Waals surface area contributed by atoms with Gasteiger partial charge in [-0.25, -0.2) is 0 Å². The van der Waals surface area contributed by atoms with E-state index in [2.05, 4.69) is 58.1 Å². The lowest BCUT2D eigenvalue weighted by molar-refractivity contribution is 1.14. The highest BCUT2D eigenvalue weighted by Crippen LogP contribution is 2.34. The molecule has 1 aromatic heterocycles. The summed E-state index contributed by atoms with van der Waals surface area (Å²) in [6, 6.07) is 6.09. The lowest BCUT2D eigenvalue weighted by atomic mass is 10.3. The Morgan fingerprint density at radius 2 is 1.81 bits per heavy atom. The highest BCUT2D eigenvalue weighted by Gasteiger charge is 2.06. The number of nitrogens with one attached hydrogen (secondary N) is 2. The van der Waals surface area contributed by atoms with Crippen molar-refractivity contribution in [1.29, 1.82) is 0 Å². The standard InChI is InChI=1S/C11H9Br3N2/c12-8-3-9(13)11(10(14)4-8)16-6-7-1-2-15-5-7/h1-5,15-16H,6H2. The Balaban J connectivity index is 2.15. The fourth-order valence-corrected chi connectivity index (χ4v) is 3.91. The Morgan fingerprint density at radius 1 is 1.12 bits per heavy atom. The minimum atomic E-state index is 0.794. The first kappa shape index (κ1) is 12.2. The molecule has 0 fully saturated rings. The maximum atomic E-state index is 3.53. The lowest BCUT2D eigenvalue weighted by Crippen LogP contribution is -1.99. The van der Waals surface area contributed by atoms with Gasteiger partial charge in [0.1, 0.15) is 0 Å². The molecule has 0 aliphatic heterocycles. The van der Waals surface area contributed by atoms with Crippen LogP contribution in [-0.4, -0.2) is 4.98 Å². The van der Waals surface area contributed by atoms with Crippen molar-refractivity contribution in [2.24, 2.45) is 0 Å². The molecule has 0 saturated heterocycles. The first-order chi connectivity index (χ1) is 7.66. The van der Waals surface area contributed by atoms with Crippen molar-refractivity contribution in [3.8, 4) is 0 Å². The molecule has 1 aromatic carbocycles. The van der Waals surface area contributed by atoms with E-state index in [-0.39, 0.29) is 0 Å². The summed E-state index contributed by atoms with van der Waals surface area (Å²) in [5.74, 6) is 0. The molecule has 2 N–H and O–H groups in total. The summed E-state index contributed by atoms with van der Waals surface area (Å²) in [7, 11) is 0. The van der Waals surface area contributed by atoms with Crippen LogP contribution in [0.15, 0.2) is 44.0 Å². The minimum Gasteiger partial charge on any atom is -0.379 e. The van der Waals surface area contributed by atoms with Crippen molar-refractivity contribution >= 4 is 53.5 Å². The molecule has 0 atom stereocenters. The lowest BCUT2D eigenvalue weighted by Gasteiger charge is -2.10. The van der Waals surface area contributed by atoms with Gasteiger partial charge < -0.3 is 10.3 Å². The van der Waals surface area contributed by atoms with Gasteiger partial charge in [-0.15, -0.1) is 0 Å². The van der Waals surface area contributed by atoms with E-state index in [1.165, 1.54) is 5.56 Å². The maximum absolute atomic E-state index is 3.53. The number of aromatic amines is 1. The summed E-state index contributed by atoms with van der Waals surface area (Å²) in [5, 5.41) is 3.38. The molecule has 0 amide bonds. The van der Waals surface area contributed by atoms with Crippen molar-refractivity contribution in [1.82, 2.24) is 4.98 Å². The number of aromatic nitrogens is 1. The Bertz CT molecular complexity index is 457. The van der Waals surface area contributed by atoms with Crippen LogP contribution in [0.2, 0.25) is 0 Å². The SMILES string of the molecule is Brc1cc(Br)c(NCc2cc[nH]c2)c(Br)c1. The molecule has 1 heterocycles. The molecule has 2 rings (SSSR count). The minimum absolute atomic E-state index is 0.794. The number of rotatable bonds is 3. The predicted octanol–water partition coefficient (Wildman–Crippen LogP) is 4.91. The number of halogens is 3. The highest BCUT2D eigenvalue weighted by atomic mass is 79.9. The molecule has 0 bridgehead atoms. The highest BCUT2D eigenvalue weighted by molar-refractivity contribution is 9.11. The molecular weight excluding hydrogens is 400 g/mol. The summed E-state index contributed by atoms with van der Waals surface area (Å²) in [6.45, 7) is 0.794. The Kier molecular flexibility index (Phi) is 4.10. The molecule has 2 nitrogen and oxygen atoms in total. The fraction of sp³-hybridized carbons (Fsp3) is 0.0909. The summed E-state index contributed by atoms with van der Waals surface area (Å²) >= 11 is 10.5. The first-order valence-electron chi connectivity index (χ1n) is 4.67. The van der Waals surface area contributed by atoms with Gasteiger partial charge in [-0.2, -0.15) is 0 Å². The summed E-state index contributed by atoms with van der Waals surface area (Å²) in [6.07, 6.45) is 3.90. The van der Waals surface area contributed by atoms with Crippen LogP contribution in [0.5, 0.6) is 0 Å². The average molecular weight is 409 g/mol. The molecule has 0 radical (unpaired) electrons. The molecule has 0 unspecified atom stereocenters. The number of hydrogen-bond acceptors (Lipinski definition) is 1. The fourth-order valence-electron chi connectivity index (χ4n) is 1.37. The van der Waals surface area contributed by atoms with Crippen LogP contribution in [0.25, 0.3) is 0 Å². The molecule has 5 heteroatoms. The smallest absolute Gasteiger partial charge is 0.0632 e. The van der Waals surface area contributed by atoms with E-state index in [0.717, 1.165) is 25.7 Å². The predicted molar refractivity (Wildman–Crippen MR) is 77.7 cm³/mol. The number of hydrogen-bond donors (Lipinski definition) is 2. The zero-order valence-corrected chi connectivity index (χ0v) is 13.0. The third kappa shape index (κ3) is 2.90. The van der Waals surface area contributed by atoms with E-state index in [1.807, 2.05) is 30.6 Å². The molecule has 0 aliphatic carbocycles. The monoisotopic (exact) mass is 406 g/mol. The van der Waals surface area contributed by atoms with Crippen LogP contribution in [0.4, 0.5) is 5.69 Å². The van der Waals surface area contributed by atoms with Crippen LogP contribution >= 0.6 is 47.8 Å². The zero-order chi connectivity index (χ0) is 11.5. The molecule has 2 aromatic rings. The second kappa shape index (κ2) is 5.38. The Hall–Kier alpha value is -0.260. The summed E-state index contributed by atoms with van der Waals surface area (Å²) < 4.78 is 3.10. The van der Waals surface area contributed by atoms with Crippen molar-refractivity contribution in [2.75, 3.05) is 5.32 Å². The van der Waals surface area contributed by atoms with Gasteiger partial charge in [0, 0.05) is 32.4 Å². The van der Waals surface area contributed by atoms with Crippen LogP contribution in [0, 0.1) is 0 Å². The van der Waals surface area contributed by atoms with E-state index in [1.54, 1.807) is 0 Å². The largest absolute Gasteiger partial charge is 0.379 e. The number of anilines is 1. The summed E-state index contributed by atoms with van der Waals surface area (Å²) in [4.78, 5) is 3.03. The Labute approximate surface area is 119 Å². The van der Waals surface area contributed by atoms with Gasteiger partial charge in [0.05, 0.1) is 5.69 Å². The van der Waals surface area contributed by atoms with Gasteiger partial charge in [0.15, 0.2) is 0 Å². The van der Waals surface area contributed by atoms with Crippen LogP contribution in [0.3, 0.4) is 0 Å². The normalized spacial score (nSPS) is 10.4. The first-order valence-corrected chi connectivity index (χ1v) is 7.05. The van der Waals surface area contributed by atoms with Crippen LogP contribution in [0.1, 0.15) is 5.56 Å². The molecular formula is C11H9Br3N2. The second-order valence-corrected chi connectivity index (χ2v) is 5.94. The van der Waals surface area contributed by atoms with Gasteiger partial charge in [0.25, 0.3) is 0 Å². The van der Waals surface area contributed by atoms with E-state index in [0.29, 0.717) is 0 Å². The second-order valence-electron chi connectivity index (χ2n) is 3.32. The maximum Gasteiger partial charge on any atom is 0.0632 e. The third-order valence-electron chi connectivity index (χ3n) is 2.14.